The van der Waals surface area contributed by atoms with Crippen LogP contribution in [0.25, 0.3) is 10.9 Å². The first kappa shape index (κ1) is 23.3. The summed E-state index contributed by atoms with van der Waals surface area (Å²) in [6.07, 6.45) is 3.12. The van der Waals surface area contributed by atoms with Crippen LogP contribution in [0.3, 0.4) is 0 Å². The van der Waals surface area contributed by atoms with Gasteiger partial charge in [0.05, 0.1) is 13.3 Å². The Kier molecular flexibility index (Phi) is 7.22. The van der Waals surface area contributed by atoms with E-state index in [-0.39, 0.29) is 19.0 Å². The molecule has 0 fully saturated rings. The molecule has 2 aromatic heterocycles. The van der Waals surface area contributed by atoms with Gasteiger partial charge in [0.2, 0.25) is 5.76 Å². The fourth-order valence-corrected chi connectivity index (χ4v) is 3.15. The van der Waals surface area contributed by atoms with E-state index < -0.39 is 11.9 Å². The maximum Gasteiger partial charge on any atom is 0.371 e. The van der Waals surface area contributed by atoms with Crippen LogP contribution in [0.4, 0.5) is 0 Å². The lowest BCUT2D eigenvalue weighted by Crippen LogP contribution is -2.24. The lowest BCUT2D eigenvalue weighted by Gasteiger charge is -2.10. The van der Waals surface area contributed by atoms with E-state index in [1.54, 1.807) is 30.5 Å². The van der Waals surface area contributed by atoms with Gasteiger partial charge in [0, 0.05) is 11.6 Å². The van der Waals surface area contributed by atoms with E-state index in [0.717, 1.165) is 5.39 Å². The van der Waals surface area contributed by atoms with Crippen molar-refractivity contribution in [2.75, 3.05) is 13.7 Å². The largest absolute Gasteiger partial charge is 0.493 e. The second-order valence-electron chi connectivity index (χ2n) is 7.18. The molecule has 178 valence electrons. The summed E-state index contributed by atoms with van der Waals surface area (Å²) in [7, 11) is 1.49. The molecule has 0 aliphatic rings. The number of fused-ring (bicyclic) bond motifs is 1. The Bertz CT molecular complexity index is 1380. The molecule has 2 aromatic carbocycles. The van der Waals surface area contributed by atoms with Crippen LogP contribution in [0.1, 0.15) is 21.9 Å². The summed E-state index contributed by atoms with van der Waals surface area (Å²) in [6, 6.07) is 17.2. The molecule has 0 spiro atoms. The summed E-state index contributed by atoms with van der Waals surface area (Å²) < 4.78 is 21.8. The third kappa shape index (κ3) is 5.93. The van der Waals surface area contributed by atoms with Crippen molar-refractivity contribution in [2.24, 2.45) is 5.10 Å². The van der Waals surface area contributed by atoms with E-state index in [1.165, 1.54) is 25.5 Å². The molecule has 1 amide bonds. The Morgan fingerprint density at radius 1 is 1.06 bits per heavy atom. The Labute approximate surface area is 199 Å². The molecular weight excluding hydrogens is 454 g/mol. The van der Waals surface area contributed by atoms with Crippen molar-refractivity contribution in [1.29, 1.82) is 0 Å². The number of benzene rings is 2. The molecule has 4 aromatic rings. The van der Waals surface area contributed by atoms with Gasteiger partial charge in [-0.3, -0.25) is 9.78 Å². The fraction of sp³-hybridized carbons (Fsp3) is 0.120. The average molecular weight is 475 g/mol. The van der Waals surface area contributed by atoms with Gasteiger partial charge < -0.3 is 23.7 Å². The highest BCUT2D eigenvalue weighted by atomic mass is 16.5. The van der Waals surface area contributed by atoms with Crippen molar-refractivity contribution >= 4 is 29.0 Å². The molecule has 35 heavy (non-hydrogen) atoms. The van der Waals surface area contributed by atoms with Crippen LogP contribution < -0.4 is 19.6 Å². The molecule has 10 nitrogen and oxygen atoms in total. The van der Waals surface area contributed by atoms with E-state index in [0.29, 0.717) is 34.1 Å². The van der Waals surface area contributed by atoms with Crippen molar-refractivity contribution in [1.82, 2.24) is 10.4 Å². The minimum absolute atomic E-state index is 0.0271. The normalized spacial score (nSPS) is 10.9. The van der Waals surface area contributed by atoms with Crippen LogP contribution in [0.2, 0.25) is 0 Å². The van der Waals surface area contributed by atoms with Gasteiger partial charge in [-0.15, -0.1) is 0 Å². The van der Waals surface area contributed by atoms with Gasteiger partial charge in [-0.1, -0.05) is 18.2 Å². The first-order valence-electron chi connectivity index (χ1n) is 10.4. The SMILES string of the molecule is COc1cc(C=NNC(=O)COc2cccc3cccnc23)ccc1OCc1ccc(C(=O)O)o1. The Hall–Kier alpha value is -4.86. The first-order chi connectivity index (χ1) is 17.0. The van der Waals surface area contributed by atoms with Crippen molar-refractivity contribution < 1.29 is 33.3 Å². The molecule has 0 saturated heterocycles. The third-order valence-corrected chi connectivity index (χ3v) is 4.79. The van der Waals surface area contributed by atoms with Crippen molar-refractivity contribution in [3.63, 3.8) is 0 Å². The predicted octanol–water partition coefficient (Wildman–Crippen LogP) is 3.64. The number of nitrogens with zero attached hydrogens (tertiary/aromatic N) is 2. The summed E-state index contributed by atoms with van der Waals surface area (Å²) >= 11 is 0. The van der Waals surface area contributed by atoms with Gasteiger partial charge in [0.25, 0.3) is 5.91 Å². The van der Waals surface area contributed by atoms with E-state index >= 15 is 0 Å². The van der Waals surface area contributed by atoms with Crippen molar-refractivity contribution in [2.45, 2.75) is 6.61 Å². The molecule has 0 saturated carbocycles. The number of ether oxygens (including phenoxy) is 3. The molecular formula is C25H21N3O7. The lowest BCUT2D eigenvalue weighted by molar-refractivity contribution is -0.123. The molecule has 0 atom stereocenters. The zero-order chi connectivity index (χ0) is 24.6. The molecule has 2 heterocycles. The number of hydrazone groups is 1. The predicted molar refractivity (Wildman–Crippen MR) is 126 cm³/mol. The third-order valence-electron chi connectivity index (χ3n) is 4.79. The zero-order valence-corrected chi connectivity index (χ0v) is 18.6. The van der Waals surface area contributed by atoms with E-state index in [1.807, 2.05) is 24.3 Å². The van der Waals surface area contributed by atoms with E-state index in [9.17, 15) is 9.59 Å². The van der Waals surface area contributed by atoms with E-state index in [4.69, 9.17) is 23.7 Å². The number of carboxylic acids is 1. The molecule has 4 rings (SSSR count). The highest BCUT2D eigenvalue weighted by Crippen LogP contribution is 2.28. The van der Waals surface area contributed by atoms with Crippen LogP contribution in [-0.4, -0.2) is 41.9 Å². The highest BCUT2D eigenvalue weighted by molar-refractivity contribution is 5.86. The number of carboxylic acid groups (broad SMARTS) is 1. The number of para-hydroxylation sites is 1. The Balaban J connectivity index is 1.31. The molecule has 0 unspecified atom stereocenters. The summed E-state index contributed by atoms with van der Waals surface area (Å²) in [4.78, 5) is 27.3. The lowest BCUT2D eigenvalue weighted by atomic mass is 10.2. The number of hydrogen-bond acceptors (Lipinski definition) is 8. The number of aromatic carboxylic acids is 1. The average Bonchev–Trinajstić information content (AvgIpc) is 3.36. The number of rotatable bonds is 10. The minimum Gasteiger partial charge on any atom is -0.493 e. The van der Waals surface area contributed by atoms with Gasteiger partial charge in [-0.05, 0) is 48.0 Å². The second kappa shape index (κ2) is 10.8. The minimum atomic E-state index is -1.15. The Morgan fingerprint density at radius 3 is 2.71 bits per heavy atom. The van der Waals surface area contributed by atoms with Gasteiger partial charge in [-0.25, -0.2) is 10.2 Å². The smallest absolute Gasteiger partial charge is 0.371 e. The number of pyridine rings is 1. The van der Waals surface area contributed by atoms with E-state index in [2.05, 4.69) is 15.5 Å². The molecule has 10 heteroatoms. The second-order valence-corrected chi connectivity index (χ2v) is 7.18. The molecule has 0 aliphatic carbocycles. The summed E-state index contributed by atoms with van der Waals surface area (Å²) in [6.45, 7) is -0.196. The monoisotopic (exact) mass is 475 g/mol. The number of carbonyl (C=O) groups is 2. The number of furan rings is 1. The van der Waals surface area contributed by atoms with Crippen LogP contribution in [0.15, 0.2) is 76.4 Å². The van der Waals surface area contributed by atoms with Gasteiger partial charge in [-0.2, -0.15) is 5.10 Å². The summed E-state index contributed by atoms with van der Waals surface area (Å²) in [5.41, 5.74) is 3.74. The van der Waals surface area contributed by atoms with Gasteiger partial charge in [0.15, 0.2) is 18.1 Å². The number of hydrogen-bond donors (Lipinski definition) is 2. The zero-order valence-electron chi connectivity index (χ0n) is 18.6. The van der Waals surface area contributed by atoms with Crippen LogP contribution in [0, 0.1) is 0 Å². The van der Waals surface area contributed by atoms with Gasteiger partial charge in [0.1, 0.15) is 23.6 Å². The topological polar surface area (TPSA) is 132 Å². The van der Waals surface area contributed by atoms with Crippen LogP contribution >= 0.6 is 0 Å². The number of amides is 1. The molecule has 2 N–H and O–H groups in total. The van der Waals surface area contributed by atoms with Crippen LogP contribution in [-0.2, 0) is 11.4 Å². The number of nitrogens with one attached hydrogen (secondary N) is 1. The molecule has 0 radical (unpaired) electrons. The number of carbonyl (C=O) groups excluding carboxylic acids is 1. The highest BCUT2D eigenvalue weighted by Gasteiger charge is 2.11. The summed E-state index contributed by atoms with van der Waals surface area (Å²) in [5.74, 6) is -0.0166. The van der Waals surface area contributed by atoms with Crippen molar-refractivity contribution in [3.05, 3.63) is 83.9 Å². The Morgan fingerprint density at radius 2 is 1.91 bits per heavy atom. The maximum absolute atomic E-state index is 12.1. The summed E-state index contributed by atoms with van der Waals surface area (Å²) in [5, 5.41) is 13.8. The first-order valence-corrected chi connectivity index (χ1v) is 10.4. The molecule has 0 aliphatic heterocycles. The maximum atomic E-state index is 12.1. The fourth-order valence-electron chi connectivity index (χ4n) is 3.15. The standard InChI is InChI=1S/C25H21N3O7/c1-32-22-12-16(7-9-19(22)33-14-18-8-10-21(35-18)25(30)31)13-27-28-23(29)15-34-20-6-2-4-17-5-3-11-26-24(17)20/h2-13H,14-15H2,1H3,(H,28,29)(H,30,31). The quantitative estimate of drug-likeness (QED) is 0.262. The number of methoxy groups -OCH3 is 1. The van der Waals surface area contributed by atoms with Gasteiger partial charge >= 0.3 is 5.97 Å². The van der Waals surface area contributed by atoms with Crippen LogP contribution in [0.5, 0.6) is 17.2 Å². The van der Waals surface area contributed by atoms with Crippen molar-refractivity contribution in [3.8, 4) is 17.2 Å². The number of aromatic nitrogens is 1. The molecule has 0 bridgehead atoms.